The van der Waals surface area contributed by atoms with Crippen molar-refractivity contribution in [1.29, 1.82) is 0 Å². The fraction of sp³-hybridized carbons (Fsp3) is 0.688. The van der Waals surface area contributed by atoms with Gasteiger partial charge in [0.05, 0.1) is 6.04 Å². The summed E-state index contributed by atoms with van der Waals surface area (Å²) < 4.78 is 1.22. The van der Waals surface area contributed by atoms with Gasteiger partial charge in [0.1, 0.15) is 0 Å². The van der Waals surface area contributed by atoms with Crippen LogP contribution in [0.1, 0.15) is 30.6 Å². The van der Waals surface area contributed by atoms with Crippen molar-refractivity contribution < 1.29 is 4.79 Å². The van der Waals surface area contributed by atoms with Gasteiger partial charge in [0, 0.05) is 29.0 Å². The van der Waals surface area contributed by atoms with Gasteiger partial charge in [-0.15, -0.1) is 23.7 Å². The van der Waals surface area contributed by atoms with Crippen molar-refractivity contribution in [3.8, 4) is 0 Å². The average Bonchev–Trinajstić information content (AvgIpc) is 3.18. The molecule has 1 aromatic rings. The maximum Gasteiger partial charge on any atom is 0.237 e. The molecule has 2 aliphatic heterocycles. The molecule has 4 nitrogen and oxygen atoms in total. The summed E-state index contributed by atoms with van der Waals surface area (Å²) in [4.78, 5) is 16.0. The van der Waals surface area contributed by atoms with Crippen LogP contribution in [-0.2, 0) is 11.3 Å². The predicted octanol–water partition coefficient (Wildman–Crippen LogP) is 3.01. The van der Waals surface area contributed by atoms with E-state index in [1.807, 2.05) is 11.3 Å². The number of nitrogens with one attached hydrogen (secondary N) is 2. The van der Waals surface area contributed by atoms with Crippen molar-refractivity contribution in [2.24, 2.45) is 5.92 Å². The number of hydrogen-bond acceptors (Lipinski definition) is 4. The molecule has 0 radical (unpaired) electrons. The SMILES string of the molecule is Cl.O=C(NCC1CCCN(Cc2sccc2Br)C1)C1CCCN1. The molecule has 3 rings (SSSR count). The fourth-order valence-electron chi connectivity index (χ4n) is 3.38. The molecule has 1 aromatic heterocycles. The third-order valence-corrected chi connectivity index (χ3v) is 6.51. The Morgan fingerprint density at radius 2 is 2.30 bits per heavy atom. The lowest BCUT2D eigenvalue weighted by Crippen LogP contribution is -2.45. The summed E-state index contributed by atoms with van der Waals surface area (Å²) in [7, 11) is 0. The normalized spacial score (nSPS) is 25.1. The fourth-order valence-corrected chi connectivity index (χ4v) is 4.90. The van der Waals surface area contributed by atoms with Crippen molar-refractivity contribution in [2.75, 3.05) is 26.2 Å². The molecule has 2 atom stereocenters. The first-order valence-corrected chi connectivity index (χ1v) is 9.85. The minimum absolute atomic E-state index is 0. The van der Waals surface area contributed by atoms with Gasteiger partial charge in [0.15, 0.2) is 0 Å². The van der Waals surface area contributed by atoms with Gasteiger partial charge in [-0.2, -0.15) is 0 Å². The number of thiophene rings is 1. The smallest absolute Gasteiger partial charge is 0.237 e. The van der Waals surface area contributed by atoms with Gasteiger partial charge >= 0.3 is 0 Å². The molecule has 1 amide bonds. The van der Waals surface area contributed by atoms with E-state index in [1.165, 1.54) is 28.7 Å². The molecule has 2 N–H and O–H groups in total. The van der Waals surface area contributed by atoms with E-state index >= 15 is 0 Å². The molecule has 23 heavy (non-hydrogen) atoms. The highest BCUT2D eigenvalue weighted by molar-refractivity contribution is 9.10. The Morgan fingerprint density at radius 1 is 1.43 bits per heavy atom. The number of hydrogen-bond donors (Lipinski definition) is 2. The van der Waals surface area contributed by atoms with Gasteiger partial charge in [0.2, 0.25) is 5.91 Å². The minimum atomic E-state index is 0. The van der Waals surface area contributed by atoms with Crippen molar-refractivity contribution in [1.82, 2.24) is 15.5 Å². The molecule has 130 valence electrons. The summed E-state index contributed by atoms with van der Waals surface area (Å²) in [6.45, 7) is 5.07. The van der Waals surface area contributed by atoms with Gasteiger partial charge in [-0.1, -0.05) is 0 Å². The maximum atomic E-state index is 12.1. The standard InChI is InChI=1S/C16H24BrN3OS.ClH/c17-13-5-8-22-15(13)11-20-7-2-3-12(10-20)9-19-16(21)14-4-1-6-18-14;/h5,8,12,14,18H,1-4,6-7,9-11H2,(H,19,21);1H. The Kier molecular flexibility index (Phi) is 7.82. The molecular weight excluding hydrogens is 398 g/mol. The quantitative estimate of drug-likeness (QED) is 0.766. The van der Waals surface area contributed by atoms with E-state index in [0.29, 0.717) is 5.92 Å². The molecular formula is C16H25BrClN3OS. The molecule has 2 aliphatic rings. The molecule has 7 heteroatoms. The average molecular weight is 423 g/mol. The van der Waals surface area contributed by atoms with Gasteiger partial charge in [-0.3, -0.25) is 9.69 Å². The first kappa shape index (κ1) is 19.2. The summed E-state index contributed by atoms with van der Waals surface area (Å²) in [6.07, 6.45) is 4.55. The lowest BCUT2D eigenvalue weighted by Gasteiger charge is -2.32. The van der Waals surface area contributed by atoms with Crippen LogP contribution in [0.3, 0.4) is 0 Å². The van der Waals surface area contributed by atoms with E-state index in [4.69, 9.17) is 0 Å². The second-order valence-electron chi connectivity index (χ2n) is 6.33. The number of nitrogens with zero attached hydrogens (tertiary/aromatic N) is 1. The molecule has 2 fully saturated rings. The number of halogens is 2. The van der Waals surface area contributed by atoms with Crippen molar-refractivity contribution >= 4 is 45.6 Å². The van der Waals surface area contributed by atoms with Crippen LogP contribution in [-0.4, -0.2) is 43.0 Å². The second-order valence-corrected chi connectivity index (χ2v) is 8.18. The molecule has 0 saturated carbocycles. The summed E-state index contributed by atoms with van der Waals surface area (Å²) in [5.41, 5.74) is 0. The van der Waals surface area contributed by atoms with Crippen LogP contribution < -0.4 is 10.6 Å². The Bertz CT molecular complexity index is 507. The van der Waals surface area contributed by atoms with Gasteiger partial charge < -0.3 is 10.6 Å². The van der Waals surface area contributed by atoms with E-state index in [1.54, 1.807) is 0 Å². The number of amides is 1. The van der Waals surface area contributed by atoms with Crippen LogP contribution in [0.5, 0.6) is 0 Å². The van der Waals surface area contributed by atoms with E-state index in [0.717, 1.165) is 39.0 Å². The highest BCUT2D eigenvalue weighted by Crippen LogP contribution is 2.26. The Labute approximate surface area is 156 Å². The maximum absolute atomic E-state index is 12.1. The summed E-state index contributed by atoms with van der Waals surface area (Å²) in [5, 5.41) is 8.55. The molecule has 2 unspecified atom stereocenters. The van der Waals surface area contributed by atoms with Crippen LogP contribution in [0, 0.1) is 5.92 Å². The zero-order valence-corrected chi connectivity index (χ0v) is 16.4. The molecule has 3 heterocycles. The van der Waals surface area contributed by atoms with Crippen LogP contribution in [0.15, 0.2) is 15.9 Å². The topological polar surface area (TPSA) is 44.4 Å². The summed E-state index contributed by atoms with van der Waals surface area (Å²) in [5.74, 6) is 0.772. The second kappa shape index (κ2) is 9.37. The van der Waals surface area contributed by atoms with Gasteiger partial charge in [-0.25, -0.2) is 0 Å². The number of carbonyl (C=O) groups excluding carboxylic acids is 1. The monoisotopic (exact) mass is 421 g/mol. The largest absolute Gasteiger partial charge is 0.354 e. The lowest BCUT2D eigenvalue weighted by atomic mass is 9.97. The van der Waals surface area contributed by atoms with Gasteiger partial charge in [-0.05, 0) is 72.1 Å². The van der Waals surface area contributed by atoms with Crippen LogP contribution in [0.4, 0.5) is 0 Å². The summed E-state index contributed by atoms with van der Waals surface area (Å²) in [6, 6.07) is 2.16. The van der Waals surface area contributed by atoms with Crippen LogP contribution in [0.25, 0.3) is 0 Å². The third kappa shape index (κ3) is 5.43. The van der Waals surface area contributed by atoms with Crippen LogP contribution >= 0.6 is 39.7 Å². The Morgan fingerprint density at radius 3 is 3.00 bits per heavy atom. The van der Waals surface area contributed by atoms with Crippen LogP contribution in [0.2, 0.25) is 0 Å². The van der Waals surface area contributed by atoms with Crippen molar-refractivity contribution in [2.45, 2.75) is 38.3 Å². The Balaban J connectivity index is 0.00000192. The predicted molar refractivity (Wildman–Crippen MR) is 101 cm³/mol. The third-order valence-electron chi connectivity index (χ3n) is 4.60. The molecule has 0 aliphatic carbocycles. The summed E-state index contributed by atoms with van der Waals surface area (Å²) >= 11 is 5.43. The number of likely N-dealkylation sites (tertiary alicyclic amines) is 1. The number of piperidine rings is 1. The zero-order chi connectivity index (χ0) is 15.4. The number of rotatable bonds is 5. The highest BCUT2D eigenvalue weighted by atomic mass is 79.9. The number of carbonyl (C=O) groups is 1. The Hall–Kier alpha value is -0.140. The van der Waals surface area contributed by atoms with E-state index in [2.05, 4.69) is 42.9 Å². The van der Waals surface area contributed by atoms with Crippen molar-refractivity contribution in [3.63, 3.8) is 0 Å². The van der Waals surface area contributed by atoms with Gasteiger partial charge in [0.25, 0.3) is 0 Å². The molecule has 0 aromatic carbocycles. The van der Waals surface area contributed by atoms with E-state index in [9.17, 15) is 4.79 Å². The zero-order valence-electron chi connectivity index (χ0n) is 13.2. The van der Waals surface area contributed by atoms with Crippen molar-refractivity contribution in [3.05, 3.63) is 20.8 Å². The highest BCUT2D eigenvalue weighted by Gasteiger charge is 2.24. The molecule has 2 saturated heterocycles. The first-order valence-electron chi connectivity index (χ1n) is 8.17. The van der Waals surface area contributed by atoms with E-state index in [-0.39, 0.29) is 24.4 Å². The first-order chi connectivity index (χ1) is 10.7. The molecule has 0 spiro atoms. The molecule has 0 bridgehead atoms. The minimum Gasteiger partial charge on any atom is -0.354 e. The van der Waals surface area contributed by atoms with E-state index < -0.39 is 0 Å². The lowest BCUT2D eigenvalue weighted by molar-refractivity contribution is -0.123.